The maximum Gasteiger partial charge on any atom is 0.132 e. The molecule has 0 aliphatic rings. The molecule has 0 aromatic carbocycles. The number of aromatic amines is 1. The van der Waals surface area contributed by atoms with Gasteiger partial charge in [-0.3, -0.25) is 0 Å². The van der Waals surface area contributed by atoms with Crippen molar-refractivity contribution >= 4 is 12.2 Å². The molecule has 0 amide bonds. The van der Waals surface area contributed by atoms with E-state index in [0.29, 0.717) is 5.92 Å². The van der Waals surface area contributed by atoms with Gasteiger partial charge in [-0.25, -0.2) is 4.98 Å². The van der Waals surface area contributed by atoms with E-state index in [-0.39, 0.29) is 0 Å². The molecule has 3 heteroatoms. The van der Waals surface area contributed by atoms with Gasteiger partial charge in [-0.2, -0.15) is 0 Å². The van der Waals surface area contributed by atoms with Crippen LogP contribution in [0.2, 0.25) is 0 Å². The minimum atomic E-state index is 0.481. The van der Waals surface area contributed by atoms with Gasteiger partial charge in [0.25, 0.3) is 0 Å². The molecular weight excluding hydrogens is 180 g/mol. The molecule has 0 saturated heterocycles. The first-order valence-corrected chi connectivity index (χ1v) is 5.06. The van der Waals surface area contributed by atoms with Crippen LogP contribution in [-0.4, -0.2) is 9.97 Å². The van der Waals surface area contributed by atoms with Crippen LogP contribution in [0.4, 0.5) is 0 Å². The fourth-order valence-corrected chi connectivity index (χ4v) is 1.56. The normalized spacial score (nSPS) is 10.8. The molecule has 0 unspecified atom stereocenters. The van der Waals surface area contributed by atoms with E-state index in [1.807, 2.05) is 6.92 Å². The van der Waals surface area contributed by atoms with E-state index in [0.717, 1.165) is 22.4 Å². The maximum atomic E-state index is 5.18. The first-order chi connectivity index (χ1) is 6.06. The van der Waals surface area contributed by atoms with Crippen molar-refractivity contribution in [2.75, 3.05) is 0 Å². The molecule has 0 saturated carbocycles. The Labute approximate surface area is 84.4 Å². The highest BCUT2D eigenvalue weighted by Crippen LogP contribution is 2.16. The monoisotopic (exact) mass is 196 g/mol. The molecule has 1 N–H and O–H groups in total. The van der Waals surface area contributed by atoms with Gasteiger partial charge in [0.1, 0.15) is 10.5 Å². The number of hydrogen-bond acceptors (Lipinski definition) is 2. The molecule has 0 spiro atoms. The quantitative estimate of drug-likeness (QED) is 0.736. The molecular formula is C10H16N2S. The molecule has 0 aliphatic heterocycles. The number of aryl methyl sites for hydroxylation is 1. The number of nitrogens with one attached hydrogen (secondary N) is 1. The molecule has 1 aromatic rings. The maximum absolute atomic E-state index is 5.18. The van der Waals surface area contributed by atoms with Crippen molar-refractivity contribution in [3.8, 4) is 0 Å². The van der Waals surface area contributed by atoms with Gasteiger partial charge >= 0.3 is 0 Å². The number of nitrogens with zero attached hydrogens (tertiary/aromatic N) is 1. The predicted octanol–water partition coefficient (Wildman–Crippen LogP) is 3.13. The summed E-state index contributed by atoms with van der Waals surface area (Å²) in [5.74, 6) is 1.47. The third-order valence-electron chi connectivity index (χ3n) is 2.15. The Balaban J connectivity index is 3.33. The van der Waals surface area contributed by atoms with E-state index in [4.69, 9.17) is 12.2 Å². The second-order valence-corrected chi connectivity index (χ2v) is 3.92. The lowest BCUT2D eigenvalue weighted by Gasteiger charge is -2.11. The molecule has 13 heavy (non-hydrogen) atoms. The number of hydrogen-bond donors (Lipinski definition) is 1. The van der Waals surface area contributed by atoms with Crippen molar-refractivity contribution in [3.63, 3.8) is 0 Å². The summed E-state index contributed by atoms with van der Waals surface area (Å²) in [4.78, 5) is 7.62. The Morgan fingerprint density at radius 3 is 2.54 bits per heavy atom. The molecule has 0 aliphatic carbocycles. The second-order valence-electron chi connectivity index (χ2n) is 3.54. The van der Waals surface area contributed by atoms with Crippen molar-refractivity contribution < 1.29 is 0 Å². The van der Waals surface area contributed by atoms with Crippen LogP contribution in [0.1, 0.15) is 43.8 Å². The Morgan fingerprint density at radius 1 is 1.46 bits per heavy atom. The molecule has 2 nitrogen and oxygen atoms in total. The van der Waals surface area contributed by atoms with Crippen LogP contribution in [0.15, 0.2) is 0 Å². The standard InChI is InChI=1S/C10H16N2S/c1-5-8-11-9(6(2)3)7(4)10(13)12-8/h6H,5H2,1-4H3,(H,11,12,13). The van der Waals surface area contributed by atoms with Crippen molar-refractivity contribution in [1.82, 2.24) is 9.97 Å². The Hall–Kier alpha value is -0.700. The lowest BCUT2D eigenvalue weighted by molar-refractivity contribution is 0.771. The van der Waals surface area contributed by atoms with Gasteiger partial charge in [-0.15, -0.1) is 0 Å². The highest BCUT2D eigenvalue weighted by atomic mass is 32.1. The van der Waals surface area contributed by atoms with Crippen LogP contribution in [0.5, 0.6) is 0 Å². The van der Waals surface area contributed by atoms with Gasteiger partial charge in [0.15, 0.2) is 0 Å². The van der Waals surface area contributed by atoms with Crippen LogP contribution in [-0.2, 0) is 6.42 Å². The third-order valence-corrected chi connectivity index (χ3v) is 2.55. The van der Waals surface area contributed by atoms with E-state index in [2.05, 4.69) is 30.7 Å². The van der Waals surface area contributed by atoms with Crippen LogP contribution in [0.25, 0.3) is 0 Å². The lowest BCUT2D eigenvalue weighted by Crippen LogP contribution is -2.03. The summed E-state index contributed by atoms with van der Waals surface area (Å²) in [5.41, 5.74) is 2.33. The number of H-pyrrole nitrogens is 1. The molecule has 1 heterocycles. The van der Waals surface area contributed by atoms with Gasteiger partial charge in [-0.05, 0) is 12.8 Å². The zero-order valence-corrected chi connectivity index (χ0v) is 9.46. The summed E-state index contributed by atoms with van der Waals surface area (Å²) in [6.45, 7) is 8.42. The summed E-state index contributed by atoms with van der Waals surface area (Å²) >= 11 is 5.18. The zero-order chi connectivity index (χ0) is 10.0. The average molecular weight is 196 g/mol. The van der Waals surface area contributed by atoms with Crippen LogP contribution < -0.4 is 0 Å². The zero-order valence-electron chi connectivity index (χ0n) is 8.64. The fraction of sp³-hybridized carbons (Fsp3) is 0.600. The molecule has 1 aromatic heterocycles. The van der Waals surface area contributed by atoms with Crippen LogP contribution >= 0.6 is 12.2 Å². The highest BCUT2D eigenvalue weighted by molar-refractivity contribution is 7.71. The summed E-state index contributed by atoms with van der Waals surface area (Å²) in [6.07, 6.45) is 0.906. The van der Waals surface area contributed by atoms with Crippen molar-refractivity contribution in [3.05, 3.63) is 21.7 Å². The first kappa shape index (κ1) is 10.4. The van der Waals surface area contributed by atoms with Crippen LogP contribution in [0.3, 0.4) is 0 Å². The summed E-state index contributed by atoms with van der Waals surface area (Å²) in [5, 5.41) is 0. The molecule has 0 radical (unpaired) electrons. The molecule has 0 atom stereocenters. The highest BCUT2D eigenvalue weighted by Gasteiger charge is 2.06. The minimum Gasteiger partial charge on any atom is -0.347 e. The molecule has 0 fully saturated rings. The fourth-order valence-electron chi connectivity index (χ4n) is 1.34. The second kappa shape index (κ2) is 4.01. The number of aromatic nitrogens is 2. The van der Waals surface area contributed by atoms with E-state index in [1.54, 1.807) is 0 Å². The van der Waals surface area contributed by atoms with Crippen molar-refractivity contribution in [2.24, 2.45) is 0 Å². The SMILES string of the molecule is CCc1nc(=S)c(C)c(C(C)C)[nH]1. The minimum absolute atomic E-state index is 0.481. The van der Waals surface area contributed by atoms with Gasteiger partial charge in [0.2, 0.25) is 0 Å². The Morgan fingerprint density at radius 2 is 2.08 bits per heavy atom. The number of rotatable bonds is 2. The summed E-state index contributed by atoms with van der Waals surface area (Å²) in [6, 6.07) is 0. The molecule has 72 valence electrons. The third kappa shape index (κ3) is 2.15. The smallest absolute Gasteiger partial charge is 0.132 e. The molecule has 1 rings (SSSR count). The van der Waals surface area contributed by atoms with Gasteiger partial charge in [0.05, 0.1) is 0 Å². The topological polar surface area (TPSA) is 28.7 Å². The molecule has 0 bridgehead atoms. The van der Waals surface area contributed by atoms with Crippen molar-refractivity contribution in [1.29, 1.82) is 0 Å². The average Bonchev–Trinajstić information content (AvgIpc) is 2.09. The van der Waals surface area contributed by atoms with E-state index < -0.39 is 0 Å². The van der Waals surface area contributed by atoms with Gasteiger partial charge < -0.3 is 4.98 Å². The van der Waals surface area contributed by atoms with E-state index in [1.165, 1.54) is 5.69 Å². The largest absolute Gasteiger partial charge is 0.347 e. The predicted molar refractivity (Wildman–Crippen MR) is 57.6 cm³/mol. The van der Waals surface area contributed by atoms with Crippen LogP contribution in [0, 0.1) is 11.6 Å². The van der Waals surface area contributed by atoms with Crippen molar-refractivity contribution in [2.45, 2.75) is 40.0 Å². The summed E-state index contributed by atoms with van der Waals surface area (Å²) in [7, 11) is 0. The van der Waals surface area contributed by atoms with E-state index in [9.17, 15) is 0 Å². The Bertz CT molecular complexity index is 352. The van der Waals surface area contributed by atoms with Gasteiger partial charge in [-0.1, -0.05) is 33.0 Å². The summed E-state index contributed by atoms with van der Waals surface area (Å²) < 4.78 is 0.735. The first-order valence-electron chi connectivity index (χ1n) is 4.66. The van der Waals surface area contributed by atoms with E-state index >= 15 is 0 Å². The lowest BCUT2D eigenvalue weighted by atomic mass is 10.1. The van der Waals surface area contributed by atoms with Gasteiger partial charge in [0, 0.05) is 17.7 Å². The Kier molecular flexibility index (Phi) is 3.20.